The van der Waals surface area contributed by atoms with E-state index >= 15 is 0 Å². The van der Waals surface area contributed by atoms with Gasteiger partial charge in [-0.15, -0.1) is 5.10 Å². The van der Waals surface area contributed by atoms with Crippen molar-refractivity contribution in [2.75, 3.05) is 11.1 Å². The number of nitrogens with one attached hydrogen (secondary N) is 2. The largest absolute Gasteiger partial charge is 0.462 e. The highest BCUT2D eigenvalue weighted by Gasteiger charge is 2.26. The van der Waals surface area contributed by atoms with E-state index in [-0.39, 0.29) is 11.7 Å². The van der Waals surface area contributed by atoms with Gasteiger partial charge in [-0.1, -0.05) is 31.0 Å². The van der Waals surface area contributed by atoms with Crippen molar-refractivity contribution >= 4 is 35.6 Å². The van der Waals surface area contributed by atoms with Gasteiger partial charge in [0.05, 0.1) is 11.3 Å². The Morgan fingerprint density at radius 3 is 2.79 bits per heavy atom. The minimum Gasteiger partial charge on any atom is -0.462 e. The Hall–Kier alpha value is -3.25. The molecular weight excluding hydrogens is 436 g/mol. The van der Waals surface area contributed by atoms with Gasteiger partial charge in [0.1, 0.15) is 29.2 Å². The van der Waals surface area contributed by atoms with E-state index in [1.165, 1.54) is 31.0 Å². The molecule has 0 bridgehead atoms. The Labute approximate surface area is 197 Å². The fraction of sp³-hybridized carbons (Fsp3) is 0.417. The van der Waals surface area contributed by atoms with Crippen molar-refractivity contribution in [2.24, 2.45) is 0 Å². The highest BCUT2D eigenvalue weighted by Crippen LogP contribution is 2.36. The van der Waals surface area contributed by atoms with Gasteiger partial charge in [-0.05, 0) is 63.5 Å². The first kappa shape index (κ1) is 22.9. The number of H-pyrrole nitrogens is 1. The van der Waals surface area contributed by atoms with Crippen LogP contribution in [0.4, 0.5) is 5.82 Å². The number of rotatable bonds is 7. The molecule has 1 aliphatic carbocycles. The number of aromatic amines is 1. The van der Waals surface area contributed by atoms with E-state index in [0.717, 1.165) is 35.6 Å². The molecule has 0 saturated heterocycles. The molecule has 9 heteroatoms. The van der Waals surface area contributed by atoms with Crippen LogP contribution in [-0.4, -0.2) is 31.4 Å². The van der Waals surface area contributed by atoms with Crippen LogP contribution in [0.3, 0.4) is 0 Å². The lowest BCUT2D eigenvalue weighted by atomic mass is 9.95. The van der Waals surface area contributed by atoms with Crippen molar-refractivity contribution < 1.29 is 9.21 Å². The van der Waals surface area contributed by atoms with Gasteiger partial charge < -0.3 is 14.3 Å². The molecule has 3 heterocycles. The van der Waals surface area contributed by atoms with Gasteiger partial charge >= 0.3 is 0 Å². The monoisotopic (exact) mass is 464 g/mol. The number of nitrogens with zero attached hydrogens (tertiary/aromatic N) is 4. The number of hydrogen-bond acceptors (Lipinski definition) is 6. The number of hydrogen-bond donors (Lipinski definition) is 2. The number of nitriles is 1. The van der Waals surface area contributed by atoms with Gasteiger partial charge in [0.25, 0.3) is 0 Å². The van der Waals surface area contributed by atoms with E-state index < -0.39 is 0 Å². The molecular formula is C24H28N6O2S. The number of aryl methyl sites for hydroxylation is 1. The highest BCUT2D eigenvalue weighted by molar-refractivity contribution is 7.99. The average molecular weight is 465 g/mol. The first-order chi connectivity index (χ1) is 16.0. The lowest BCUT2D eigenvalue weighted by Gasteiger charge is -2.27. The number of aromatic nitrogens is 4. The second kappa shape index (κ2) is 10.1. The molecule has 0 unspecified atom stereocenters. The molecule has 1 amide bonds. The molecule has 33 heavy (non-hydrogen) atoms. The van der Waals surface area contributed by atoms with E-state index in [4.69, 9.17) is 4.42 Å². The molecule has 172 valence electrons. The van der Waals surface area contributed by atoms with Gasteiger partial charge in [0, 0.05) is 11.7 Å². The quantitative estimate of drug-likeness (QED) is 0.453. The van der Waals surface area contributed by atoms with Gasteiger partial charge in [-0.2, -0.15) is 5.26 Å². The first-order valence-electron chi connectivity index (χ1n) is 11.2. The Bertz CT molecular complexity index is 1210. The Morgan fingerprint density at radius 2 is 2.09 bits per heavy atom. The Kier molecular flexibility index (Phi) is 7.04. The third-order valence-corrected chi connectivity index (χ3v) is 6.89. The zero-order valence-corrected chi connectivity index (χ0v) is 20.0. The van der Waals surface area contributed by atoms with Crippen LogP contribution < -0.4 is 5.32 Å². The molecule has 2 N–H and O–H groups in total. The second-order valence-electron chi connectivity index (χ2n) is 8.33. The fourth-order valence-electron chi connectivity index (χ4n) is 4.28. The van der Waals surface area contributed by atoms with Crippen molar-refractivity contribution in [1.29, 1.82) is 5.26 Å². The summed E-state index contributed by atoms with van der Waals surface area (Å²) in [5.74, 6) is 2.75. The van der Waals surface area contributed by atoms with Crippen LogP contribution in [0.5, 0.6) is 0 Å². The van der Waals surface area contributed by atoms with Gasteiger partial charge in [0.15, 0.2) is 0 Å². The number of carbonyl (C=O) groups is 1. The van der Waals surface area contributed by atoms with E-state index in [2.05, 4.69) is 31.1 Å². The fourth-order valence-corrected chi connectivity index (χ4v) is 4.89. The summed E-state index contributed by atoms with van der Waals surface area (Å²) in [5, 5.41) is 20.2. The predicted molar refractivity (Wildman–Crippen MR) is 129 cm³/mol. The lowest BCUT2D eigenvalue weighted by molar-refractivity contribution is -0.113. The number of amides is 1. The SMILES string of the molecule is Cc1ccc(/C=C/c2nc(SCC(=O)Nc3c(C#N)c(C)c(C)n3C3CCCCC3)n[nH]2)o1. The summed E-state index contributed by atoms with van der Waals surface area (Å²) in [6.45, 7) is 5.87. The van der Waals surface area contributed by atoms with Crippen molar-refractivity contribution in [3.05, 3.63) is 46.3 Å². The predicted octanol–water partition coefficient (Wildman–Crippen LogP) is 5.40. The molecule has 8 nitrogen and oxygen atoms in total. The normalized spacial score (nSPS) is 14.6. The third kappa shape index (κ3) is 5.22. The van der Waals surface area contributed by atoms with Crippen LogP contribution in [0.2, 0.25) is 0 Å². The van der Waals surface area contributed by atoms with Crippen molar-refractivity contribution in [2.45, 2.75) is 64.1 Å². The zero-order chi connectivity index (χ0) is 23.4. The van der Waals surface area contributed by atoms with Gasteiger partial charge in [-0.25, -0.2) is 4.98 Å². The second-order valence-corrected chi connectivity index (χ2v) is 9.27. The molecule has 0 radical (unpaired) electrons. The van der Waals surface area contributed by atoms with Crippen LogP contribution in [0, 0.1) is 32.1 Å². The molecule has 4 rings (SSSR count). The zero-order valence-electron chi connectivity index (χ0n) is 19.1. The van der Waals surface area contributed by atoms with Crippen LogP contribution in [0.1, 0.15) is 72.3 Å². The maximum atomic E-state index is 12.8. The number of carbonyl (C=O) groups excluding carboxylic acids is 1. The molecule has 3 aromatic rings. The van der Waals surface area contributed by atoms with Crippen molar-refractivity contribution in [1.82, 2.24) is 19.7 Å². The van der Waals surface area contributed by atoms with E-state index in [0.29, 0.717) is 28.4 Å². The molecule has 0 spiro atoms. The minimum atomic E-state index is -0.181. The maximum absolute atomic E-state index is 12.8. The molecule has 0 aliphatic heterocycles. The maximum Gasteiger partial charge on any atom is 0.235 e. The van der Waals surface area contributed by atoms with Crippen molar-refractivity contribution in [3.8, 4) is 6.07 Å². The topological polar surface area (TPSA) is 113 Å². The third-order valence-electron chi connectivity index (χ3n) is 6.05. The summed E-state index contributed by atoms with van der Waals surface area (Å²) in [4.78, 5) is 17.2. The summed E-state index contributed by atoms with van der Waals surface area (Å²) >= 11 is 1.25. The summed E-state index contributed by atoms with van der Waals surface area (Å²) in [6, 6.07) is 6.38. The van der Waals surface area contributed by atoms with Crippen LogP contribution in [0.15, 0.2) is 21.7 Å². The van der Waals surface area contributed by atoms with E-state index in [9.17, 15) is 10.1 Å². The average Bonchev–Trinajstić information content (AvgIpc) is 3.50. The molecule has 0 atom stereocenters. The number of anilines is 1. The minimum absolute atomic E-state index is 0.150. The smallest absolute Gasteiger partial charge is 0.235 e. The van der Waals surface area contributed by atoms with Crippen molar-refractivity contribution in [3.63, 3.8) is 0 Å². The molecule has 1 saturated carbocycles. The van der Waals surface area contributed by atoms with Gasteiger partial charge in [0.2, 0.25) is 11.1 Å². The molecule has 3 aromatic heterocycles. The molecule has 1 aliphatic rings. The number of furan rings is 1. The van der Waals surface area contributed by atoms with E-state index in [1.54, 1.807) is 6.08 Å². The first-order valence-corrected chi connectivity index (χ1v) is 12.2. The number of thioether (sulfide) groups is 1. The summed E-state index contributed by atoms with van der Waals surface area (Å²) < 4.78 is 7.67. The standard InChI is InChI=1S/C24H28N6O2S/c1-15-9-10-19(32-15)11-12-21-26-24(29-28-21)33-14-22(31)27-23-20(13-25)16(2)17(3)30(23)18-7-5-4-6-8-18/h9-12,18H,4-8,14H2,1-3H3,(H,27,31)(H,26,28,29)/b12-11+. The highest BCUT2D eigenvalue weighted by atomic mass is 32.2. The summed E-state index contributed by atoms with van der Waals surface area (Å²) in [5.41, 5.74) is 2.54. The lowest BCUT2D eigenvalue weighted by Crippen LogP contribution is -2.21. The Morgan fingerprint density at radius 1 is 1.30 bits per heavy atom. The summed E-state index contributed by atoms with van der Waals surface area (Å²) in [6.07, 6.45) is 9.32. The summed E-state index contributed by atoms with van der Waals surface area (Å²) in [7, 11) is 0. The van der Waals surface area contributed by atoms with E-state index in [1.807, 2.05) is 39.0 Å². The molecule has 0 aromatic carbocycles. The van der Waals surface area contributed by atoms with Gasteiger partial charge in [-0.3, -0.25) is 9.89 Å². The molecule has 1 fully saturated rings. The van der Waals surface area contributed by atoms with Crippen LogP contribution >= 0.6 is 11.8 Å². The van der Waals surface area contributed by atoms with Crippen LogP contribution in [0.25, 0.3) is 12.2 Å². The Balaban J connectivity index is 1.41. The van der Waals surface area contributed by atoms with Crippen LogP contribution in [-0.2, 0) is 4.79 Å².